The van der Waals surface area contributed by atoms with E-state index < -0.39 is 0 Å². The predicted octanol–water partition coefficient (Wildman–Crippen LogP) is 4.98. The highest BCUT2D eigenvalue weighted by Gasteiger charge is 2.11. The smallest absolute Gasteiger partial charge is 0.174 e. The molecule has 0 saturated heterocycles. The second-order valence-corrected chi connectivity index (χ2v) is 6.06. The number of nitrogens with one attached hydrogen (secondary N) is 1. The lowest BCUT2D eigenvalue weighted by molar-refractivity contribution is 0.352. The molecule has 21 heavy (non-hydrogen) atoms. The lowest BCUT2D eigenvalue weighted by Crippen LogP contribution is -2.02. The Morgan fingerprint density at radius 1 is 1.10 bits per heavy atom. The molecule has 0 amide bonds. The number of anilines is 1. The van der Waals surface area contributed by atoms with E-state index in [2.05, 4.69) is 37.2 Å². The maximum atomic E-state index is 13.8. The number of hydrogen-bond acceptors (Lipinski definition) is 3. The second kappa shape index (κ2) is 7.13. The van der Waals surface area contributed by atoms with E-state index in [0.29, 0.717) is 28.2 Å². The summed E-state index contributed by atoms with van der Waals surface area (Å²) in [6, 6.07) is 8.66. The summed E-state index contributed by atoms with van der Waals surface area (Å²) in [5.74, 6) is 0.958. The van der Waals surface area contributed by atoms with E-state index in [4.69, 9.17) is 9.47 Å². The highest BCUT2D eigenvalue weighted by molar-refractivity contribution is 9.10. The average molecular weight is 419 g/mol. The quantitative estimate of drug-likeness (QED) is 0.742. The molecule has 0 aliphatic carbocycles. The summed E-state index contributed by atoms with van der Waals surface area (Å²) in [6.45, 7) is 0.470. The predicted molar refractivity (Wildman–Crippen MR) is 88.7 cm³/mol. The Morgan fingerprint density at radius 3 is 2.48 bits per heavy atom. The van der Waals surface area contributed by atoms with Crippen LogP contribution in [0.1, 0.15) is 5.56 Å². The second-order valence-electron chi connectivity index (χ2n) is 4.29. The molecular weight excluding hydrogens is 405 g/mol. The zero-order valence-corrected chi connectivity index (χ0v) is 14.7. The Balaban J connectivity index is 2.18. The molecule has 0 unspecified atom stereocenters. The Bertz CT molecular complexity index is 650. The minimum atomic E-state index is -0.302. The average Bonchev–Trinajstić information content (AvgIpc) is 2.45. The monoisotopic (exact) mass is 417 g/mol. The van der Waals surface area contributed by atoms with Crippen molar-refractivity contribution in [1.29, 1.82) is 0 Å². The molecule has 0 radical (unpaired) electrons. The summed E-state index contributed by atoms with van der Waals surface area (Å²) in [7, 11) is 3.16. The summed E-state index contributed by atoms with van der Waals surface area (Å²) in [4.78, 5) is 0. The molecule has 0 aromatic heterocycles. The highest BCUT2D eigenvalue weighted by atomic mass is 79.9. The molecule has 0 heterocycles. The SMILES string of the molecule is COc1cc(CNc2ccc(Br)cc2F)cc(Br)c1OC. The van der Waals surface area contributed by atoms with Crippen molar-refractivity contribution in [2.45, 2.75) is 6.54 Å². The number of benzene rings is 2. The van der Waals surface area contributed by atoms with Gasteiger partial charge in [-0.05, 0) is 51.8 Å². The number of hydrogen-bond donors (Lipinski definition) is 1. The molecule has 2 aromatic rings. The Kier molecular flexibility index (Phi) is 5.47. The first-order valence-electron chi connectivity index (χ1n) is 6.14. The van der Waals surface area contributed by atoms with Gasteiger partial charge in [0.2, 0.25) is 0 Å². The van der Waals surface area contributed by atoms with E-state index >= 15 is 0 Å². The normalized spacial score (nSPS) is 10.3. The summed E-state index contributed by atoms with van der Waals surface area (Å²) in [6.07, 6.45) is 0. The van der Waals surface area contributed by atoms with Gasteiger partial charge in [-0.25, -0.2) is 4.39 Å². The molecule has 0 atom stereocenters. The van der Waals surface area contributed by atoms with Crippen LogP contribution in [0.2, 0.25) is 0 Å². The Hall–Kier alpha value is -1.27. The maximum absolute atomic E-state index is 13.8. The van der Waals surface area contributed by atoms with Crippen LogP contribution in [0.4, 0.5) is 10.1 Å². The molecule has 0 aliphatic rings. The molecule has 2 aromatic carbocycles. The number of ether oxygens (including phenoxy) is 2. The van der Waals surface area contributed by atoms with E-state index in [9.17, 15) is 4.39 Å². The molecule has 0 saturated carbocycles. The molecule has 0 fully saturated rings. The fourth-order valence-corrected chi connectivity index (χ4v) is 2.89. The van der Waals surface area contributed by atoms with Gasteiger partial charge in [-0.1, -0.05) is 15.9 Å². The van der Waals surface area contributed by atoms with E-state index in [1.165, 1.54) is 6.07 Å². The summed E-state index contributed by atoms with van der Waals surface area (Å²) >= 11 is 6.67. The van der Waals surface area contributed by atoms with E-state index in [0.717, 1.165) is 10.0 Å². The zero-order chi connectivity index (χ0) is 15.4. The van der Waals surface area contributed by atoms with Crippen molar-refractivity contribution >= 4 is 37.5 Å². The van der Waals surface area contributed by atoms with Crippen molar-refractivity contribution in [2.24, 2.45) is 0 Å². The zero-order valence-electron chi connectivity index (χ0n) is 11.5. The van der Waals surface area contributed by atoms with Gasteiger partial charge in [-0.3, -0.25) is 0 Å². The van der Waals surface area contributed by atoms with Crippen LogP contribution in [-0.2, 0) is 6.54 Å². The van der Waals surface area contributed by atoms with Crippen molar-refractivity contribution in [3.05, 3.63) is 50.7 Å². The maximum Gasteiger partial charge on any atom is 0.174 e. The molecule has 112 valence electrons. The number of methoxy groups -OCH3 is 2. The molecule has 0 aliphatic heterocycles. The van der Waals surface area contributed by atoms with Gasteiger partial charge in [-0.2, -0.15) is 0 Å². The molecule has 1 N–H and O–H groups in total. The van der Waals surface area contributed by atoms with E-state index in [1.54, 1.807) is 26.4 Å². The van der Waals surface area contributed by atoms with Crippen LogP contribution < -0.4 is 14.8 Å². The molecule has 3 nitrogen and oxygen atoms in total. The van der Waals surface area contributed by atoms with Crippen LogP contribution in [0, 0.1) is 5.82 Å². The minimum Gasteiger partial charge on any atom is -0.493 e. The van der Waals surface area contributed by atoms with Crippen molar-refractivity contribution < 1.29 is 13.9 Å². The lowest BCUT2D eigenvalue weighted by atomic mass is 10.2. The van der Waals surface area contributed by atoms with Crippen LogP contribution in [0.25, 0.3) is 0 Å². The Morgan fingerprint density at radius 2 is 1.86 bits per heavy atom. The van der Waals surface area contributed by atoms with E-state index in [-0.39, 0.29) is 5.82 Å². The first-order chi connectivity index (χ1) is 10.0. The first kappa shape index (κ1) is 16.1. The molecule has 0 bridgehead atoms. The van der Waals surface area contributed by atoms with Crippen LogP contribution >= 0.6 is 31.9 Å². The first-order valence-corrected chi connectivity index (χ1v) is 7.73. The largest absolute Gasteiger partial charge is 0.493 e. The van der Waals surface area contributed by atoms with Gasteiger partial charge in [0.1, 0.15) is 5.82 Å². The van der Waals surface area contributed by atoms with Crippen LogP contribution in [0.3, 0.4) is 0 Å². The summed E-state index contributed by atoms with van der Waals surface area (Å²) < 4.78 is 25.8. The standard InChI is InChI=1S/C15H14Br2FNO2/c1-20-14-6-9(5-11(17)15(14)21-2)8-19-13-4-3-10(16)7-12(13)18/h3-7,19H,8H2,1-2H3. The van der Waals surface area contributed by atoms with Crippen LogP contribution in [-0.4, -0.2) is 14.2 Å². The molecule has 0 spiro atoms. The molecule has 6 heteroatoms. The van der Waals surface area contributed by atoms with Gasteiger partial charge in [0.25, 0.3) is 0 Å². The third-order valence-electron chi connectivity index (χ3n) is 2.91. The van der Waals surface area contributed by atoms with Gasteiger partial charge in [0.05, 0.1) is 24.4 Å². The minimum absolute atomic E-state index is 0.302. The van der Waals surface area contributed by atoms with Gasteiger partial charge < -0.3 is 14.8 Å². The summed E-state index contributed by atoms with van der Waals surface area (Å²) in [5, 5.41) is 3.06. The van der Waals surface area contributed by atoms with Crippen molar-refractivity contribution in [3.8, 4) is 11.5 Å². The lowest BCUT2D eigenvalue weighted by Gasteiger charge is -2.13. The third-order valence-corrected chi connectivity index (χ3v) is 3.99. The molecule has 2 rings (SSSR count). The van der Waals surface area contributed by atoms with Crippen molar-refractivity contribution in [3.63, 3.8) is 0 Å². The van der Waals surface area contributed by atoms with Gasteiger partial charge in [0.15, 0.2) is 11.5 Å². The van der Waals surface area contributed by atoms with Gasteiger partial charge in [0, 0.05) is 11.0 Å². The fraction of sp³-hybridized carbons (Fsp3) is 0.200. The number of halogens is 3. The van der Waals surface area contributed by atoms with Gasteiger partial charge >= 0.3 is 0 Å². The van der Waals surface area contributed by atoms with E-state index in [1.807, 2.05) is 12.1 Å². The fourth-order valence-electron chi connectivity index (χ4n) is 1.90. The summed E-state index contributed by atoms with van der Waals surface area (Å²) in [5.41, 5.74) is 1.39. The number of rotatable bonds is 5. The van der Waals surface area contributed by atoms with Gasteiger partial charge in [-0.15, -0.1) is 0 Å². The topological polar surface area (TPSA) is 30.5 Å². The molecular formula is C15H14Br2FNO2. The third kappa shape index (κ3) is 3.89. The van der Waals surface area contributed by atoms with Crippen LogP contribution in [0.5, 0.6) is 11.5 Å². The van der Waals surface area contributed by atoms with Crippen molar-refractivity contribution in [2.75, 3.05) is 19.5 Å². The Labute approximate surface area is 139 Å². The highest BCUT2D eigenvalue weighted by Crippen LogP contribution is 2.36. The van der Waals surface area contributed by atoms with Crippen LogP contribution in [0.15, 0.2) is 39.3 Å². The van der Waals surface area contributed by atoms with Crippen molar-refractivity contribution in [1.82, 2.24) is 0 Å².